The monoisotopic (exact) mass is 276 g/mol. The minimum absolute atomic E-state index is 0.0837. The van der Waals surface area contributed by atoms with E-state index in [1.54, 1.807) is 0 Å². The molecular weight excluding hydrogens is 260 g/mol. The van der Waals surface area contributed by atoms with Gasteiger partial charge in [-0.15, -0.1) is 0 Å². The summed E-state index contributed by atoms with van der Waals surface area (Å²) in [5, 5.41) is 2.98. The van der Waals surface area contributed by atoms with Gasteiger partial charge in [-0.3, -0.25) is 0 Å². The molecule has 0 aliphatic heterocycles. The van der Waals surface area contributed by atoms with Gasteiger partial charge < -0.3 is 11.1 Å². The van der Waals surface area contributed by atoms with Crippen LogP contribution in [0.15, 0.2) is 18.2 Å². The zero-order valence-electron chi connectivity index (χ0n) is 10.4. The highest BCUT2D eigenvalue weighted by Crippen LogP contribution is 2.35. The zero-order chi connectivity index (χ0) is 14.1. The molecule has 19 heavy (non-hydrogen) atoms. The fourth-order valence-electron chi connectivity index (χ4n) is 2.51. The van der Waals surface area contributed by atoms with Gasteiger partial charge in [0, 0.05) is 12.1 Å². The predicted octanol–water partition coefficient (Wildman–Crippen LogP) is 3.53. The van der Waals surface area contributed by atoms with E-state index in [9.17, 15) is 17.6 Å². The Morgan fingerprint density at radius 2 is 1.84 bits per heavy atom. The standard InChI is InChI=1S/C13H16F4N2/c14-10-7-9(13(15,16)17)3-4-11(10)19-12(8-18)5-1-2-6-12/h3-4,7,19H,1-2,5-6,8,18H2. The number of hydrogen-bond donors (Lipinski definition) is 2. The summed E-state index contributed by atoms with van der Waals surface area (Å²) in [5.74, 6) is -0.894. The molecule has 3 N–H and O–H groups in total. The van der Waals surface area contributed by atoms with Crippen LogP contribution in [0.1, 0.15) is 31.2 Å². The highest BCUT2D eigenvalue weighted by Gasteiger charge is 2.34. The highest BCUT2D eigenvalue weighted by molar-refractivity contribution is 5.49. The maximum Gasteiger partial charge on any atom is 0.416 e. The molecule has 0 amide bonds. The van der Waals surface area contributed by atoms with E-state index in [-0.39, 0.29) is 11.2 Å². The lowest BCUT2D eigenvalue weighted by atomic mass is 9.97. The molecule has 0 spiro atoms. The summed E-state index contributed by atoms with van der Waals surface area (Å²) in [6.45, 7) is 0.341. The Bertz CT molecular complexity index is 450. The fourth-order valence-corrected chi connectivity index (χ4v) is 2.51. The minimum Gasteiger partial charge on any atom is -0.376 e. The van der Waals surface area contributed by atoms with E-state index >= 15 is 0 Å². The Balaban J connectivity index is 2.22. The van der Waals surface area contributed by atoms with Crippen molar-refractivity contribution in [3.05, 3.63) is 29.6 Å². The van der Waals surface area contributed by atoms with Crippen LogP contribution in [-0.4, -0.2) is 12.1 Å². The second kappa shape index (κ2) is 5.00. The lowest BCUT2D eigenvalue weighted by molar-refractivity contribution is -0.137. The fraction of sp³-hybridized carbons (Fsp3) is 0.538. The van der Waals surface area contributed by atoms with Crippen LogP contribution in [0.4, 0.5) is 23.2 Å². The van der Waals surface area contributed by atoms with E-state index in [2.05, 4.69) is 5.32 Å². The number of rotatable bonds is 3. The van der Waals surface area contributed by atoms with Crippen LogP contribution in [0.5, 0.6) is 0 Å². The SMILES string of the molecule is NCC1(Nc2ccc(C(F)(F)F)cc2F)CCCC1. The van der Waals surface area contributed by atoms with Crippen molar-refractivity contribution in [1.29, 1.82) is 0 Å². The van der Waals surface area contributed by atoms with Crippen molar-refractivity contribution < 1.29 is 17.6 Å². The van der Waals surface area contributed by atoms with Crippen molar-refractivity contribution >= 4 is 5.69 Å². The number of anilines is 1. The summed E-state index contributed by atoms with van der Waals surface area (Å²) in [7, 11) is 0. The third kappa shape index (κ3) is 3.00. The number of nitrogens with one attached hydrogen (secondary N) is 1. The van der Waals surface area contributed by atoms with Crippen molar-refractivity contribution in [1.82, 2.24) is 0 Å². The second-order valence-corrected chi connectivity index (χ2v) is 5.01. The number of halogens is 4. The Morgan fingerprint density at radius 3 is 2.32 bits per heavy atom. The topological polar surface area (TPSA) is 38.0 Å². The summed E-state index contributed by atoms with van der Waals surface area (Å²) in [6, 6.07) is 2.53. The third-order valence-corrected chi connectivity index (χ3v) is 3.65. The van der Waals surface area contributed by atoms with Crippen LogP contribution in [0.2, 0.25) is 0 Å². The van der Waals surface area contributed by atoms with Gasteiger partial charge in [-0.1, -0.05) is 12.8 Å². The third-order valence-electron chi connectivity index (χ3n) is 3.65. The first-order valence-electron chi connectivity index (χ1n) is 6.21. The maximum absolute atomic E-state index is 13.7. The normalized spacial score (nSPS) is 18.6. The van der Waals surface area contributed by atoms with E-state index in [4.69, 9.17) is 5.73 Å². The van der Waals surface area contributed by atoms with E-state index in [1.807, 2.05) is 0 Å². The lowest BCUT2D eigenvalue weighted by Crippen LogP contribution is -2.43. The smallest absolute Gasteiger partial charge is 0.376 e. The molecule has 0 radical (unpaired) electrons. The first-order chi connectivity index (χ1) is 8.86. The molecule has 1 saturated carbocycles. The molecule has 1 aromatic rings. The Labute approximate surface area is 109 Å². The Morgan fingerprint density at radius 1 is 1.21 bits per heavy atom. The number of hydrogen-bond acceptors (Lipinski definition) is 2. The molecule has 1 fully saturated rings. The Kier molecular flexibility index (Phi) is 3.71. The molecule has 1 aliphatic carbocycles. The van der Waals surface area contributed by atoms with Crippen molar-refractivity contribution in [2.24, 2.45) is 5.73 Å². The predicted molar refractivity (Wildman–Crippen MR) is 65.3 cm³/mol. The average molecular weight is 276 g/mol. The summed E-state index contributed by atoms with van der Waals surface area (Å²) < 4.78 is 51.1. The summed E-state index contributed by atoms with van der Waals surface area (Å²) in [6.07, 6.45) is -0.925. The number of benzene rings is 1. The molecule has 1 aromatic carbocycles. The van der Waals surface area contributed by atoms with Gasteiger partial charge in [0.15, 0.2) is 0 Å². The van der Waals surface area contributed by atoms with Gasteiger partial charge in [-0.05, 0) is 31.0 Å². The van der Waals surface area contributed by atoms with Crippen LogP contribution < -0.4 is 11.1 Å². The molecule has 0 atom stereocenters. The van der Waals surface area contributed by atoms with Crippen LogP contribution in [0.3, 0.4) is 0 Å². The average Bonchev–Trinajstić information content (AvgIpc) is 2.80. The highest BCUT2D eigenvalue weighted by atomic mass is 19.4. The minimum atomic E-state index is -4.53. The van der Waals surface area contributed by atoms with Crippen molar-refractivity contribution in [3.8, 4) is 0 Å². The summed E-state index contributed by atoms with van der Waals surface area (Å²) in [5.41, 5.74) is 4.41. The van der Waals surface area contributed by atoms with Crippen LogP contribution >= 0.6 is 0 Å². The van der Waals surface area contributed by atoms with Crippen molar-refractivity contribution in [3.63, 3.8) is 0 Å². The van der Waals surface area contributed by atoms with E-state index in [1.165, 1.54) is 0 Å². The zero-order valence-corrected chi connectivity index (χ0v) is 10.4. The number of nitrogens with two attached hydrogens (primary N) is 1. The lowest BCUT2D eigenvalue weighted by Gasteiger charge is -2.30. The molecule has 2 nitrogen and oxygen atoms in total. The molecular formula is C13H16F4N2. The molecule has 2 rings (SSSR count). The maximum atomic E-state index is 13.7. The Hall–Kier alpha value is -1.30. The summed E-state index contributed by atoms with van der Waals surface area (Å²) >= 11 is 0. The van der Waals surface area contributed by atoms with Crippen LogP contribution in [0, 0.1) is 5.82 Å². The van der Waals surface area contributed by atoms with Gasteiger partial charge in [-0.2, -0.15) is 13.2 Å². The molecule has 106 valence electrons. The van der Waals surface area contributed by atoms with Crippen LogP contribution in [-0.2, 0) is 6.18 Å². The molecule has 0 heterocycles. The molecule has 6 heteroatoms. The van der Waals surface area contributed by atoms with E-state index in [0.717, 1.165) is 37.8 Å². The second-order valence-electron chi connectivity index (χ2n) is 5.01. The van der Waals surface area contributed by atoms with E-state index in [0.29, 0.717) is 12.6 Å². The molecule has 0 saturated heterocycles. The van der Waals surface area contributed by atoms with Gasteiger partial charge in [0.2, 0.25) is 0 Å². The quantitative estimate of drug-likeness (QED) is 0.829. The van der Waals surface area contributed by atoms with Gasteiger partial charge >= 0.3 is 6.18 Å². The van der Waals surface area contributed by atoms with Gasteiger partial charge in [0.1, 0.15) is 5.82 Å². The largest absolute Gasteiger partial charge is 0.416 e. The molecule has 0 unspecified atom stereocenters. The summed E-state index contributed by atoms with van der Waals surface area (Å²) in [4.78, 5) is 0. The van der Waals surface area contributed by atoms with Crippen molar-refractivity contribution in [2.75, 3.05) is 11.9 Å². The molecule has 0 bridgehead atoms. The van der Waals surface area contributed by atoms with Gasteiger partial charge in [0.25, 0.3) is 0 Å². The van der Waals surface area contributed by atoms with Crippen molar-refractivity contribution in [2.45, 2.75) is 37.4 Å². The van der Waals surface area contributed by atoms with Gasteiger partial charge in [-0.25, -0.2) is 4.39 Å². The number of alkyl halides is 3. The first kappa shape index (κ1) is 14.1. The van der Waals surface area contributed by atoms with Gasteiger partial charge in [0.05, 0.1) is 11.3 Å². The van der Waals surface area contributed by atoms with E-state index < -0.39 is 17.6 Å². The molecule has 1 aliphatic rings. The van der Waals surface area contributed by atoms with Crippen LogP contribution in [0.25, 0.3) is 0 Å². The molecule has 0 aromatic heterocycles. The first-order valence-corrected chi connectivity index (χ1v) is 6.21.